The molecular weight excluding hydrogens is 404 g/mol. The van der Waals surface area contributed by atoms with Gasteiger partial charge in [0.05, 0.1) is 29.3 Å². The van der Waals surface area contributed by atoms with E-state index in [9.17, 15) is 19.2 Å². The van der Waals surface area contributed by atoms with Crippen LogP contribution in [0.5, 0.6) is 0 Å². The lowest BCUT2D eigenvalue weighted by Gasteiger charge is -2.31. The molecule has 0 heterocycles. The smallest absolute Gasteiger partial charge is 0.315 e. The second-order valence-electron chi connectivity index (χ2n) is 5.34. The number of Topliss-reactive ketones (excluding diaryl/α,β-unsaturated/α-hetero) is 1. The summed E-state index contributed by atoms with van der Waals surface area (Å²) in [6.07, 6.45) is 0.141. The molecule has 0 aliphatic carbocycles. The van der Waals surface area contributed by atoms with Gasteiger partial charge in [-0.05, 0) is 0 Å². The molecule has 0 aliphatic rings. The molecule has 0 amide bonds. The molecule has 0 rings (SSSR count). The minimum absolute atomic E-state index is 0.00109. The van der Waals surface area contributed by atoms with Crippen molar-refractivity contribution in [3.8, 4) is 0 Å². The average Bonchev–Trinajstić information content (AvgIpc) is 2.67. The van der Waals surface area contributed by atoms with Crippen LogP contribution in [0.25, 0.3) is 0 Å². The van der Waals surface area contributed by atoms with Crippen LogP contribution in [-0.2, 0) is 38.1 Å². The van der Waals surface area contributed by atoms with E-state index in [4.69, 9.17) is 18.9 Å². The molecular formula is C15H24O8S3. The van der Waals surface area contributed by atoms with Gasteiger partial charge in [0.1, 0.15) is 26.4 Å². The van der Waals surface area contributed by atoms with Gasteiger partial charge in [-0.1, -0.05) is 6.92 Å². The number of hydrogen-bond acceptors (Lipinski definition) is 11. The molecule has 0 radical (unpaired) electrons. The van der Waals surface area contributed by atoms with Crippen LogP contribution < -0.4 is 0 Å². The summed E-state index contributed by atoms with van der Waals surface area (Å²) >= 11 is 11.5. The van der Waals surface area contributed by atoms with Crippen LogP contribution in [0.15, 0.2) is 0 Å². The van der Waals surface area contributed by atoms with Crippen LogP contribution in [0.4, 0.5) is 0 Å². The van der Waals surface area contributed by atoms with Gasteiger partial charge in [-0.3, -0.25) is 19.2 Å². The monoisotopic (exact) mass is 428 g/mol. The Morgan fingerprint density at radius 2 is 1.19 bits per heavy atom. The fourth-order valence-electron chi connectivity index (χ4n) is 1.57. The molecule has 0 aromatic carbocycles. The molecule has 0 aromatic rings. The highest BCUT2D eigenvalue weighted by Gasteiger charge is 2.36. The lowest BCUT2D eigenvalue weighted by Crippen LogP contribution is -2.44. The van der Waals surface area contributed by atoms with E-state index >= 15 is 0 Å². The zero-order chi connectivity index (χ0) is 20.0. The van der Waals surface area contributed by atoms with E-state index in [1.807, 2.05) is 0 Å². The Bertz CT molecular complexity index is 433. The van der Waals surface area contributed by atoms with Crippen LogP contribution in [0.2, 0.25) is 0 Å². The van der Waals surface area contributed by atoms with Gasteiger partial charge in [-0.15, -0.1) is 0 Å². The van der Waals surface area contributed by atoms with Crippen LogP contribution in [0, 0.1) is 5.41 Å². The van der Waals surface area contributed by atoms with E-state index in [1.165, 1.54) is 0 Å². The molecule has 0 atom stereocenters. The number of hydrogen-bond donors (Lipinski definition) is 3. The third-order valence-corrected chi connectivity index (χ3v) is 3.88. The highest BCUT2D eigenvalue weighted by molar-refractivity contribution is 7.81. The Labute approximate surface area is 168 Å². The number of thiol groups is 3. The van der Waals surface area contributed by atoms with E-state index in [0.717, 1.165) is 0 Å². The summed E-state index contributed by atoms with van der Waals surface area (Å²) < 4.78 is 20.6. The van der Waals surface area contributed by atoms with E-state index < -0.39 is 23.3 Å². The van der Waals surface area contributed by atoms with E-state index in [0.29, 0.717) is 0 Å². The van der Waals surface area contributed by atoms with Crippen molar-refractivity contribution in [1.29, 1.82) is 0 Å². The number of carbonyl (C=O) groups is 4. The van der Waals surface area contributed by atoms with Crippen molar-refractivity contribution >= 4 is 61.6 Å². The van der Waals surface area contributed by atoms with E-state index in [2.05, 4.69) is 37.9 Å². The molecule has 0 aromatic heterocycles. The predicted octanol–water partition coefficient (Wildman–Crippen LogP) is 0.388. The van der Waals surface area contributed by atoms with E-state index in [-0.39, 0.29) is 62.5 Å². The molecule has 8 nitrogen and oxygen atoms in total. The highest BCUT2D eigenvalue weighted by atomic mass is 32.1. The minimum atomic E-state index is -1.17. The summed E-state index contributed by atoms with van der Waals surface area (Å²) in [5.41, 5.74) is -1.17. The first-order chi connectivity index (χ1) is 12.3. The standard InChI is InChI=1S/C15H24O8S3/c1-2-12(17)21-8-15(9-22-13(18)5-25,10-23-14(19)6-26)7-20-3-11(16)4-24/h24-26H,2-10H2,1H3. The van der Waals surface area contributed by atoms with Crippen LogP contribution in [0.1, 0.15) is 13.3 Å². The first-order valence-corrected chi connectivity index (χ1v) is 9.61. The molecule has 0 saturated carbocycles. The van der Waals surface area contributed by atoms with E-state index in [1.54, 1.807) is 6.92 Å². The Morgan fingerprint density at radius 3 is 1.58 bits per heavy atom. The molecule has 0 saturated heterocycles. The Hall–Kier alpha value is -0.910. The predicted molar refractivity (Wildman–Crippen MR) is 103 cm³/mol. The van der Waals surface area contributed by atoms with Gasteiger partial charge < -0.3 is 18.9 Å². The number of carbonyl (C=O) groups excluding carboxylic acids is 4. The average molecular weight is 429 g/mol. The van der Waals surface area contributed by atoms with Crippen molar-refractivity contribution in [2.24, 2.45) is 5.41 Å². The number of rotatable bonds is 14. The quantitative estimate of drug-likeness (QED) is 0.207. The summed E-state index contributed by atoms with van der Waals surface area (Å²) in [5, 5.41) is 0. The topological polar surface area (TPSA) is 105 Å². The van der Waals surface area contributed by atoms with Crippen molar-refractivity contribution < 1.29 is 38.1 Å². The molecule has 11 heteroatoms. The van der Waals surface area contributed by atoms with Gasteiger partial charge in [0.2, 0.25) is 0 Å². The summed E-state index contributed by atoms with van der Waals surface area (Å²) in [4.78, 5) is 45.8. The maximum atomic E-state index is 11.5. The zero-order valence-corrected chi connectivity index (χ0v) is 17.2. The summed E-state index contributed by atoms with van der Waals surface area (Å²) in [7, 11) is 0. The van der Waals surface area contributed by atoms with Gasteiger partial charge in [0.15, 0.2) is 5.78 Å². The Balaban J connectivity index is 5.19. The SMILES string of the molecule is CCC(=O)OCC(COCC(=O)CS)(COC(=O)CS)COC(=O)CS. The second kappa shape index (κ2) is 14.2. The Morgan fingerprint density at radius 1 is 0.731 bits per heavy atom. The molecule has 0 spiro atoms. The van der Waals surface area contributed by atoms with Crippen LogP contribution in [-0.4, -0.2) is 74.0 Å². The fraction of sp³-hybridized carbons (Fsp3) is 0.733. The Kier molecular flexibility index (Phi) is 13.7. The fourth-order valence-corrected chi connectivity index (χ4v) is 1.84. The van der Waals surface area contributed by atoms with Crippen molar-refractivity contribution in [3.05, 3.63) is 0 Å². The van der Waals surface area contributed by atoms with Crippen molar-refractivity contribution in [1.82, 2.24) is 0 Å². The number of ketones is 1. The van der Waals surface area contributed by atoms with Crippen LogP contribution in [0.3, 0.4) is 0 Å². The maximum Gasteiger partial charge on any atom is 0.315 e. The maximum absolute atomic E-state index is 11.5. The zero-order valence-electron chi connectivity index (χ0n) is 14.5. The lowest BCUT2D eigenvalue weighted by atomic mass is 9.92. The molecule has 0 N–H and O–H groups in total. The molecule has 150 valence electrons. The molecule has 0 fully saturated rings. The third kappa shape index (κ3) is 10.9. The summed E-state index contributed by atoms with van der Waals surface area (Å²) in [6.45, 7) is 0.510. The lowest BCUT2D eigenvalue weighted by molar-refractivity contribution is -0.166. The summed E-state index contributed by atoms with van der Waals surface area (Å²) in [6, 6.07) is 0. The second-order valence-corrected chi connectivity index (χ2v) is 6.29. The van der Waals surface area contributed by atoms with Crippen molar-refractivity contribution in [3.63, 3.8) is 0 Å². The van der Waals surface area contributed by atoms with Crippen LogP contribution >= 0.6 is 37.9 Å². The summed E-state index contributed by atoms with van der Waals surface area (Å²) in [5.74, 6) is -2.26. The first kappa shape index (κ1) is 25.1. The molecule has 26 heavy (non-hydrogen) atoms. The van der Waals surface area contributed by atoms with Gasteiger partial charge in [0, 0.05) is 6.42 Å². The number of ether oxygens (including phenoxy) is 4. The third-order valence-electron chi connectivity index (χ3n) is 3.01. The molecule has 0 unspecified atom stereocenters. The van der Waals surface area contributed by atoms with Crippen molar-refractivity contribution in [2.75, 3.05) is 50.3 Å². The minimum Gasteiger partial charge on any atom is -0.465 e. The van der Waals surface area contributed by atoms with Gasteiger partial charge in [0.25, 0.3) is 0 Å². The van der Waals surface area contributed by atoms with Gasteiger partial charge in [-0.2, -0.15) is 37.9 Å². The largest absolute Gasteiger partial charge is 0.465 e. The molecule has 0 aliphatic heterocycles. The highest BCUT2D eigenvalue weighted by Crippen LogP contribution is 2.21. The van der Waals surface area contributed by atoms with Gasteiger partial charge >= 0.3 is 17.9 Å². The molecule has 0 bridgehead atoms. The normalized spacial score (nSPS) is 10.9. The first-order valence-electron chi connectivity index (χ1n) is 7.71. The number of esters is 3. The van der Waals surface area contributed by atoms with Gasteiger partial charge in [-0.25, -0.2) is 0 Å². The van der Waals surface area contributed by atoms with Crippen molar-refractivity contribution in [2.45, 2.75) is 13.3 Å².